The van der Waals surface area contributed by atoms with Crippen molar-refractivity contribution in [2.75, 3.05) is 0 Å². The molecule has 2 fully saturated rings. The molecule has 0 bridgehead atoms. The molecule has 106 valence electrons. The van der Waals surface area contributed by atoms with Crippen molar-refractivity contribution in [1.82, 2.24) is 10.2 Å². The van der Waals surface area contributed by atoms with E-state index in [4.69, 9.17) is 0 Å². The van der Waals surface area contributed by atoms with Crippen LogP contribution in [0.2, 0.25) is 0 Å². The summed E-state index contributed by atoms with van der Waals surface area (Å²) in [6, 6.07) is 6.88. The molecule has 5 nitrogen and oxygen atoms in total. The Labute approximate surface area is 117 Å². The first-order valence-corrected chi connectivity index (χ1v) is 6.78. The first kappa shape index (κ1) is 13.0. The second-order valence-electron chi connectivity index (χ2n) is 6.01. The molecule has 2 aliphatic heterocycles. The Hall–Kier alpha value is -2.04. The molecule has 0 saturated carbocycles. The summed E-state index contributed by atoms with van der Waals surface area (Å²) in [5, 5.41) is 12.9. The number of para-hydroxylation sites is 1. The monoisotopic (exact) mass is 274 g/mol. The number of carbonyl (C=O) groups is 2. The van der Waals surface area contributed by atoms with Gasteiger partial charge in [-0.2, -0.15) is 0 Å². The van der Waals surface area contributed by atoms with E-state index in [0.717, 1.165) is 5.56 Å². The number of phenolic OH excluding ortho intramolecular Hbond substituents is 1. The highest BCUT2D eigenvalue weighted by Gasteiger charge is 2.56. The molecule has 3 atom stereocenters. The lowest BCUT2D eigenvalue weighted by Crippen LogP contribution is -2.46. The average molecular weight is 274 g/mol. The lowest BCUT2D eigenvalue weighted by molar-refractivity contribution is -0.133. The van der Waals surface area contributed by atoms with Gasteiger partial charge >= 0.3 is 0 Å². The molecular formula is C15H18N2O3. The van der Waals surface area contributed by atoms with Crippen molar-refractivity contribution in [2.24, 2.45) is 5.41 Å². The minimum Gasteiger partial charge on any atom is -0.508 e. The number of nitrogens with one attached hydrogen (secondary N) is 1. The quantitative estimate of drug-likeness (QED) is 0.816. The molecule has 2 amide bonds. The number of amides is 2. The van der Waals surface area contributed by atoms with Gasteiger partial charge in [0.15, 0.2) is 0 Å². The highest BCUT2D eigenvalue weighted by Crippen LogP contribution is 2.52. The number of fused-ring (bicyclic) bond motifs is 1. The molecule has 2 saturated heterocycles. The van der Waals surface area contributed by atoms with Gasteiger partial charge in [0.2, 0.25) is 11.8 Å². The van der Waals surface area contributed by atoms with Crippen molar-refractivity contribution < 1.29 is 14.7 Å². The Morgan fingerprint density at radius 2 is 2.15 bits per heavy atom. The number of rotatable bonds is 1. The summed E-state index contributed by atoms with van der Waals surface area (Å²) in [5.41, 5.74) is 0.475. The molecule has 0 unspecified atom stereocenters. The molecule has 5 heteroatoms. The number of likely N-dealkylation sites (tertiary alicyclic amines) is 1. The molecule has 20 heavy (non-hydrogen) atoms. The van der Waals surface area contributed by atoms with Gasteiger partial charge in [-0.3, -0.25) is 9.59 Å². The van der Waals surface area contributed by atoms with Gasteiger partial charge in [0.1, 0.15) is 11.9 Å². The molecule has 3 rings (SSSR count). The standard InChI is InChI=1S/C15H18N2O3/c1-9(18)17-11(10-5-3-4-6-12(10)19)7-15(2)8-13(20)16-14(15)17/h3-6,11,14,19H,7-8H2,1-2H3,(H,16,20)/t11-,14-,15-/m1/s1. The molecule has 2 heterocycles. The number of aromatic hydroxyl groups is 1. The number of benzene rings is 1. The molecule has 0 aromatic heterocycles. The van der Waals surface area contributed by atoms with E-state index in [-0.39, 0.29) is 35.2 Å². The third-order valence-electron chi connectivity index (χ3n) is 4.46. The Bertz CT molecular complexity index is 586. The highest BCUT2D eigenvalue weighted by atomic mass is 16.3. The maximum Gasteiger partial charge on any atom is 0.222 e. The zero-order valence-electron chi connectivity index (χ0n) is 11.6. The van der Waals surface area contributed by atoms with Gasteiger partial charge in [0, 0.05) is 24.3 Å². The molecule has 0 radical (unpaired) electrons. The van der Waals surface area contributed by atoms with E-state index in [2.05, 4.69) is 5.32 Å². The molecule has 1 aromatic rings. The van der Waals surface area contributed by atoms with E-state index in [1.807, 2.05) is 19.1 Å². The van der Waals surface area contributed by atoms with E-state index < -0.39 is 0 Å². The summed E-state index contributed by atoms with van der Waals surface area (Å²) < 4.78 is 0. The Kier molecular flexibility index (Phi) is 2.74. The maximum absolute atomic E-state index is 12.0. The van der Waals surface area contributed by atoms with Crippen LogP contribution in [0.1, 0.15) is 38.3 Å². The normalized spacial score (nSPS) is 32.1. The first-order chi connectivity index (χ1) is 9.42. The van der Waals surface area contributed by atoms with E-state index in [9.17, 15) is 14.7 Å². The van der Waals surface area contributed by atoms with Crippen LogP contribution in [-0.4, -0.2) is 28.0 Å². The Morgan fingerprint density at radius 1 is 1.45 bits per heavy atom. The van der Waals surface area contributed by atoms with Crippen LogP contribution in [0.3, 0.4) is 0 Å². The van der Waals surface area contributed by atoms with Gasteiger partial charge in [-0.1, -0.05) is 25.1 Å². The van der Waals surface area contributed by atoms with Gasteiger partial charge in [-0.15, -0.1) is 0 Å². The third-order valence-corrected chi connectivity index (χ3v) is 4.46. The first-order valence-electron chi connectivity index (χ1n) is 6.78. The molecule has 1 aromatic carbocycles. The fourth-order valence-corrected chi connectivity index (χ4v) is 3.58. The number of phenols is 1. The number of nitrogens with zero attached hydrogens (tertiary/aromatic N) is 1. The highest BCUT2D eigenvalue weighted by molar-refractivity contribution is 5.83. The summed E-state index contributed by atoms with van der Waals surface area (Å²) in [7, 11) is 0. The largest absolute Gasteiger partial charge is 0.508 e. The molecular weight excluding hydrogens is 256 g/mol. The lowest BCUT2D eigenvalue weighted by Gasteiger charge is -2.30. The van der Waals surface area contributed by atoms with Crippen molar-refractivity contribution in [2.45, 2.75) is 38.9 Å². The maximum atomic E-state index is 12.0. The van der Waals surface area contributed by atoms with E-state index in [1.165, 1.54) is 6.92 Å². The summed E-state index contributed by atoms with van der Waals surface area (Å²) in [6.07, 6.45) is 0.816. The van der Waals surface area contributed by atoms with Crippen LogP contribution < -0.4 is 5.32 Å². The van der Waals surface area contributed by atoms with Gasteiger partial charge in [-0.05, 0) is 12.5 Å². The topological polar surface area (TPSA) is 69.6 Å². The predicted octanol–water partition coefficient (Wildman–Crippen LogP) is 1.54. The SMILES string of the molecule is CC(=O)N1[C@@H](c2ccccc2O)C[C@]2(C)CC(=O)N[C@H]12. The van der Waals surface area contributed by atoms with E-state index in [0.29, 0.717) is 12.8 Å². The number of hydrogen-bond donors (Lipinski definition) is 2. The zero-order chi connectivity index (χ0) is 14.5. The van der Waals surface area contributed by atoms with Gasteiger partial charge in [0.05, 0.1) is 6.04 Å². The summed E-state index contributed by atoms with van der Waals surface area (Å²) in [6.45, 7) is 3.52. The molecule has 2 aliphatic rings. The Morgan fingerprint density at radius 3 is 2.80 bits per heavy atom. The second-order valence-corrected chi connectivity index (χ2v) is 6.01. The van der Waals surface area contributed by atoms with Crippen LogP contribution in [0.5, 0.6) is 5.75 Å². The van der Waals surface area contributed by atoms with Gasteiger partial charge in [-0.25, -0.2) is 0 Å². The van der Waals surface area contributed by atoms with Crippen LogP contribution in [0.4, 0.5) is 0 Å². The summed E-state index contributed by atoms with van der Waals surface area (Å²) in [4.78, 5) is 25.4. The smallest absolute Gasteiger partial charge is 0.222 e. The van der Waals surface area contributed by atoms with Crippen LogP contribution in [-0.2, 0) is 9.59 Å². The number of hydrogen-bond acceptors (Lipinski definition) is 3. The van der Waals surface area contributed by atoms with Gasteiger partial charge < -0.3 is 15.3 Å². The van der Waals surface area contributed by atoms with Gasteiger partial charge in [0.25, 0.3) is 0 Å². The zero-order valence-corrected chi connectivity index (χ0v) is 11.6. The molecule has 0 spiro atoms. The van der Waals surface area contributed by atoms with Crippen LogP contribution in [0.25, 0.3) is 0 Å². The lowest BCUT2D eigenvalue weighted by atomic mass is 9.83. The third kappa shape index (κ3) is 1.77. The van der Waals surface area contributed by atoms with Crippen molar-refractivity contribution in [3.63, 3.8) is 0 Å². The van der Waals surface area contributed by atoms with Crippen LogP contribution in [0, 0.1) is 5.41 Å². The van der Waals surface area contributed by atoms with Crippen molar-refractivity contribution in [3.8, 4) is 5.75 Å². The van der Waals surface area contributed by atoms with Crippen molar-refractivity contribution in [1.29, 1.82) is 0 Å². The van der Waals surface area contributed by atoms with E-state index in [1.54, 1.807) is 17.0 Å². The molecule has 0 aliphatic carbocycles. The van der Waals surface area contributed by atoms with Crippen LogP contribution >= 0.6 is 0 Å². The Balaban J connectivity index is 2.03. The van der Waals surface area contributed by atoms with Crippen molar-refractivity contribution >= 4 is 11.8 Å². The fourth-order valence-electron chi connectivity index (χ4n) is 3.58. The minimum atomic E-state index is -0.280. The van der Waals surface area contributed by atoms with Crippen LogP contribution in [0.15, 0.2) is 24.3 Å². The van der Waals surface area contributed by atoms with Crippen molar-refractivity contribution in [3.05, 3.63) is 29.8 Å². The second kappa shape index (κ2) is 4.23. The fraction of sp³-hybridized carbons (Fsp3) is 0.467. The average Bonchev–Trinajstić information content (AvgIpc) is 2.78. The van der Waals surface area contributed by atoms with E-state index >= 15 is 0 Å². The summed E-state index contributed by atoms with van der Waals surface area (Å²) >= 11 is 0. The predicted molar refractivity (Wildman–Crippen MR) is 72.6 cm³/mol. The molecule has 2 N–H and O–H groups in total. The number of carbonyl (C=O) groups excluding carboxylic acids is 2. The summed E-state index contributed by atoms with van der Waals surface area (Å²) in [5.74, 6) is 0.0901. The minimum absolute atomic E-state index is 0.0144.